The van der Waals surface area contributed by atoms with Gasteiger partial charge in [0.15, 0.2) is 9.84 Å². The molecule has 1 aromatic heterocycles. The van der Waals surface area contributed by atoms with Crippen LogP contribution in [0.5, 0.6) is 0 Å². The smallest absolute Gasteiger partial charge is 0.237 e. The second kappa shape index (κ2) is 8.15. The molecule has 148 valence electrons. The minimum atomic E-state index is -3.54. The van der Waals surface area contributed by atoms with E-state index < -0.39 is 15.6 Å². The number of aryl methyl sites for hydroxylation is 2. The van der Waals surface area contributed by atoms with E-state index >= 15 is 0 Å². The van der Waals surface area contributed by atoms with Crippen LogP contribution in [0.15, 0.2) is 29.6 Å². The predicted octanol–water partition coefficient (Wildman–Crippen LogP) is 4.24. The van der Waals surface area contributed by atoms with Crippen molar-refractivity contribution < 1.29 is 13.2 Å². The molecule has 4 nitrogen and oxygen atoms in total. The molecule has 0 aliphatic carbocycles. The number of thiophene rings is 1. The fourth-order valence-electron chi connectivity index (χ4n) is 2.95. The standard InChI is InChI=1S/C21H29NO3S2/c1-15-10-17(21(3,4)5)11-16(2)19(15)13-27(24,25)14-20(23)22(6)12-18-8-7-9-26-18/h7-11H,12-14H2,1-6H3. The monoisotopic (exact) mass is 407 g/mol. The quantitative estimate of drug-likeness (QED) is 0.720. The summed E-state index contributed by atoms with van der Waals surface area (Å²) in [5.74, 6) is -0.937. The SMILES string of the molecule is Cc1cc(C(C)(C)C)cc(C)c1CS(=O)(=O)CC(=O)N(C)Cc1cccs1. The molecule has 2 rings (SSSR count). The van der Waals surface area contributed by atoms with E-state index in [-0.39, 0.29) is 17.1 Å². The largest absolute Gasteiger partial charge is 0.340 e. The second-order valence-corrected chi connectivity index (χ2v) is 11.3. The summed E-state index contributed by atoms with van der Waals surface area (Å²) in [6.07, 6.45) is 0. The van der Waals surface area contributed by atoms with E-state index in [1.807, 2.05) is 31.4 Å². The molecule has 1 aromatic carbocycles. The van der Waals surface area contributed by atoms with Crippen molar-refractivity contribution >= 4 is 27.1 Å². The number of carbonyl (C=O) groups is 1. The zero-order chi connectivity index (χ0) is 20.4. The molecule has 0 fully saturated rings. The van der Waals surface area contributed by atoms with Gasteiger partial charge in [-0.05, 0) is 53.0 Å². The minimum absolute atomic E-state index is 0.00734. The van der Waals surface area contributed by atoms with Crippen LogP contribution in [0.2, 0.25) is 0 Å². The summed E-state index contributed by atoms with van der Waals surface area (Å²) in [5.41, 5.74) is 3.92. The normalized spacial score (nSPS) is 12.2. The van der Waals surface area contributed by atoms with E-state index in [0.717, 1.165) is 21.6 Å². The highest BCUT2D eigenvalue weighted by atomic mass is 32.2. The molecule has 1 amide bonds. The summed E-state index contributed by atoms with van der Waals surface area (Å²) in [6, 6.07) is 7.97. The Kier molecular flexibility index (Phi) is 6.53. The first kappa shape index (κ1) is 21.6. The summed E-state index contributed by atoms with van der Waals surface area (Å²) < 4.78 is 25.3. The number of hydrogen-bond donors (Lipinski definition) is 0. The minimum Gasteiger partial charge on any atom is -0.340 e. The first-order valence-electron chi connectivity index (χ1n) is 8.96. The molecule has 0 spiro atoms. The maximum absolute atomic E-state index is 12.7. The van der Waals surface area contributed by atoms with Crippen molar-refractivity contribution in [3.8, 4) is 0 Å². The maximum Gasteiger partial charge on any atom is 0.237 e. The average Bonchev–Trinajstić information content (AvgIpc) is 3.02. The van der Waals surface area contributed by atoms with Crippen LogP contribution in [0.1, 0.15) is 47.9 Å². The number of rotatable bonds is 6. The van der Waals surface area contributed by atoms with Crippen LogP contribution < -0.4 is 0 Å². The molecule has 1 heterocycles. The highest BCUT2D eigenvalue weighted by Gasteiger charge is 2.23. The number of sulfone groups is 1. The molecule has 0 saturated heterocycles. The fraction of sp³-hybridized carbons (Fsp3) is 0.476. The van der Waals surface area contributed by atoms with Gasteiger partial charge in [0.1, 0.15) is 5.75 Å². The van der Waals surface area contributed by atoms with Crippen LogP contribution in [0.4, 0.5) is 0 Å². The summed E-state index contributed by atoms with van der Waals surface area (Å²) in [6.45, 7) is 10.7. The molecule has 27 heavy (non-hydrogen) atoms. The summed E-state index contributed by atoms with van der Waals surface area (Å²) >= 11 is 1.55. The Morgan fingerprint density at radius 3 is 2.22 bits per heavy atom. The van der Waals surface area contributed by atoms with Gasteiger partial charge in [-0.3, -0.25) is 4.79 Å². The molecule has 0 radical (unpaired) electrons. The molecule has 6 heteroatoms. The Morgan fingerprint density at radius 2 is 1.74 bits per heavy atom. The Labute approximate surface area is 167 Å². The van der Waals surface area contributed by atoms with Crippen molar-refractivity contribution in [1.29, 1.82) is 0 Å². The third-order valence-corrected chi connectivity index (χ3v) is 6.94. The fourth-order valence-corrected chi connectivity index (χ4v) is 5.30. The van der Waals surface area contributed by atoms with E-state index in [0.29, 0.717) is 6.54 Å². The van der Waals surface area contributed by atoms with Crippen molar-refractivity contribution in [3.63, 3.8) is 0 Å². The van der Waals surface area contributed by atoms with Crippen LogP contribution in [0.25, 0.3) is 0 Å². The van der Waals surface area contributed by atoms with Crippen molar-refractivity contribution in [3.05, 3.63) is 56.8 Å². The summed E-state index contributed by atoms with van der Waals surface area (Å²) in [7, 11) is -1.89. The van der Waals surface area contributed by atoms with Gasteiger partial charge in [0.25, 0.3) is 0 Å². The van der Waals surface area contributed by atoms with Crippen molar-refractivity contribution in [2.24, 2.45) is 0 Å². The zero-order valence-electron chi connectivity index (χ0n) is 17.0. The van der Waals surface area contributed by atoms with E-state index in [2.05, 4.69) is 32.9 Å². The van der Waals surface area contributed by atoms with Crippen LogP contribution in [-0.2, 0) is 32.3 Å². The predicted molar refractivity (Wildman–Crippen MR) is 113 cm³/mol. The van der Waals surface area contributed by atoms with Gasteiger partial charge in [-0.15, -0.1) is 11.3 Å². The van der Waals surface area contributed by atoms with E-state index in [9.17, 15) is 13.2 Å². The lowest BCUT2D eigenvalue weighted by molar-refractivity contribution is -0.127. The van der Waals surface area contributed by atoms with Gasteiger partial charge in [-0.2, -0.15) is 0 Å². The molecule has 0 unspecified atom stereocenters. The molecular formula is C21H29NO3S2. The number of amides is 1. The Balaban J connectivity index is 2.13. The molecule has 0 saturated carbocycles. The van der Waals surface area contributed by atoms with Gasteiger partial charge in [-0.25, -0.2) is 8.42 Å². The van der Waals surface area contributed by atoms with E-state index in [1.165, 1.54) is 10.5 Å². The molecule has 0 atom stereocenters. The Morgan fingerprint density at radius 1 is 1.15 bits per heavy atom. The van der Waals surface area contributed by atoms with Gasteiger partial charge < -0.3 is 4.90 Å². The van der Waals surface area contributed by atoms with Crippen molar-refractivity contribution in [1.82, 2.24) is 4.90 Å². The first-order valence-corrected chi connectivity index (χ1v) is 11.7. The van der Waals surface area contributed by atoms with Crippen LogP contribution in [0.3, 0.4) is 0 Å². The molecule has 2 aromatic rings. The van der Waals surface area contributed by atoms with Gasteiger partial charge in [0, 0.05) is 11.9 Å². The van der Waals surface area contributed by atoms with Gasteiger partial charge in [0.2, 0.25) is 5.91 Å². The maximum atomic E-state index is 12.7. The lowest BCUT2D eigenvalue weighted by Crippen LogP contribution is -2.32. The van der Waals surface area contributed by atoms with Crippen molar-refractivity contribution in [2.45, 2.75) is 52.3 Å². The molecular weight excluding hydrogens is 378 g/mol. The van der Waals surface area contributed by atoms with Gasteiger partial charge in [-0.1, -0.05) is 39.0 Å². The van der Waals surface area contributed by atoms with Gasteiger partial charge >= 0.3 is 0 Å². The van der Waals surface area contributed by atoms with Gasteiger partial charge in [0.05, 0.1) is 12.3 Å². The van der Waals surface area contributed by atoms with Crippen LogP contribution in [0, 0.1) is 13.8 Å². The molecule has 0 bridgehead atoms. The third kappa shape index (κ3) is 5.91. The lowest BCUT2D eigenvalue weighted by Gasteiger charge is -2.22. The highest BCUT2D eigenvalue weighted by Crippen LogP contribution is 2.28. The second-order valence-electron chi connectivity index (χ2n) is 8.20. The van der Waals surface area contributed by atoms with Crippen molar-refractivity contribution in [2.75, 3.05) is 12.8 Å². The number of hydrogen-bond acceptors (Lipinski definition) is 4. The Bertz CT molecular complexity index is 884. The molecule has 0 N–H and O–H groups in total. The molecule has 0 aliphatic heterocycles. The van der Waals surface area contributed by atoms with Crippen LogP contribution >= 0.6 is 11.3 Å². The topological polar surface area (TPSA) is 54.5 Å². The number of nitrogens with zero attached hydrogens (tertiary/aromatic N) is 1. The lowest BCUT2D eigenvalue weighted by atomic mass is 9.84. The summed E-state index contributed by atoms with van der Waals surface area (Å²) in [4.78, 5) is 14.9. The molecule has 0 aliphatic rings. The average molecular weight is 408 g/mol. The first-order chi connectivity index (χ1) is 12.4. The van der Waals surface area contributed by atoms with E-state index in [4.69, 9.17) is 0 Å². The van der Waals surface area contributed by atoms with Crippen LogP contribution in [-0.4, -0.2) is 32.0 Å². The van der Waals surface area contributed by atoms with E-state index in [1.54, 1.807) is 18.4 Å². The Hall–Kier alpha value is -1.66. The highest BCUT2D eigenvalue weighted by molar-refractivity contribution is 7.91. The number of carbonyl (C=O) groups excluding carboxylic acids is 1. The zero-order valence-corrected chi connectivity index (χ0v) is 18.6. The third-order valence-electron chi connectivity index (χ3n) is 4.67. The number of benzene rings is 1. The summed E-state index contributed by atoms with van der Waals surface area (Å²) in [5, 5.41) is 1.94.